The highest BCUT2D eigenvalue weighted by atomic mass is 35.5. The molecule has 2 N–H and O–H groups in total. The number of alkyl halides is 1. The Morgan fingerprint density at radius 3 is 2.77 bits per heavy atom. The highest BCUT2D eigenvalue weighted by Gasteiger charge is 2.47. The third-order valence-electron chi connectivity index (χ3n) is 6.07. The van der Waals surface area contributed by atoms with Crippen LogP contribution < -0.4 is 4.62 Å². The SMILES string of the molecule is CC(C)C1(Cl)C[C@H]2c3cccc4c3c(cn4OP(=O)(O)O)C[C@@H]2N(C)C1. The minimum atomic E-state index is -4.63. The van der Waals surface area contributed by atoms with Gasteiger partial charge in [0.05, 0.1) is 10.4 Å². The van der Waals surface area contributed by atoms with Gasteiger partial charge in [0.1, 0.15) is 0 Å². The molecule has 4 rings (SSSR count). The Kier molecular flexibility index (Phi) is 4.22. The standard InChI is InChI=1S/C18H24ClN2O4P/c1-11(2)18(19)8-14-13-5-4-6-15-17(13)12(7-16(14)20(3)10-18)9-21(15)25-26(22,23)24/h4-6,9,11,14,16H,7-8,10H2,1-3H3,(H2,22,23,24)/t14-,16-,18?/m0/s1. The van der Waals surface area contributed by atoms with Crippen LogP contribution in [0, 0.1) is 5.92 Å². The first-order valence-electron chi connectivity index (χ1n) is 8.87. The van der Waals surface area contributed by atoms with Crippen LogP contribution in [0.4, 0.5) is 0 Å². The first-order chi connectivity index (χ1) is 12.1. The molecule has 0 amide bonds. The molecule has 1 aromatic carbocycles. The number of fused-ring (bicyclic) bond motifs is 2. The minimum Gasteiger partial charge on any atom is -0.311 e. The van der Waals surface area contributed by atoms with Gasteiger partial charge in [0.25, 0.3) is 0 Å². The first-order valence-corrected chi connectivity index (χ1v) is 10.8. The summed E-state index contributed by atoms with van der Waals surface area (Å²) in [5, 5.41) is 1.04. The molecule has 6 nitrogen and oxygen atoms in total. The van der Waals surface area contributed by atoms with Crippen molar-refractivity contribution in [2.75, 3.05) is 13.6 Å². The minimum absolute atomic E-state index is 0.277. The van der Waals surface area contributed by atoms with Crippen LogP contribution in [0.1, 0.15) is 37.3 Å². The van der Waals surface area contributed by atoms with Gasteiger partial charge in [-0.25, -0.2) is 4.57 Å². The normalized spacial score (nSPS) is 29.2. The molecule has 2 aliphatic rings. The van der Waals surface area contributed by atoms with Crippen molar-refractivity contribution in [3.8, 4) is 0 Å². The molecule has 1 unspecified atom stereocenters. The lowest BCUT2D eigenvalue weighted by Crippen LogP contribution is -2.55. The molecule has 1 aliphatic heterocycles. The molecule has 0 spiro atoms. The van der Waals surface area contributed by atoms with E-state index in [0.29, 0.717) is 17.5 Å². The molecule has 0 radical (unpaired) electrons. The van der Waals surface area contributed by atoms with Crippen LogP contribution in [0.5, 0.6) is 0 Å². The number of hydrogen-bond donors (Lipinski definition) is 2. The number of halogens is 1. The maximum absolute atomic E-state index is 11.3. The quantitative estimate of drug-likeness (QED) is 0.613. The van der Waals surface area contributed by atoms with Crippen molar-refractivity contribution in [2.45, 2.75) is 43.5 Å². The van der Waals surface area contributed by atoms with Crippen molar-refractivity contribution in [1.29, 1.82) is 0 Å². The highest BCUT2D eigenvalue weighted by Crippen LogP contribution is 2.49. The van der Waals surface area contributed by atoms with Crippen LogP contribution in [-0.4, -0.2) is 43.9 Å². The third kappa shape index (κ3) is 2.88. The molecule has 1 fully saturated rings. The van der Waals surface area contributed by atoms with Gasteiger partial charge < -0.3 is 9.52 Å². The van der Waals surface area contributed by atoms with E-state index in [4.69, 9.17) is 16.2 Å². The summed E-state index contributed by atoms with van der Waals surface area (Å²) in [6, 6.07) is 6.19. The van der Waals surface area contributed by atoms with E-state index in [1.54, 1.807) is 6.20 Å². The topological polar surface area (TPSA) is 74.9 Å². The Morgan fingerprint density at radius 2 is 2.12 bits per heavy atom. The van der Waals surface area contributed by atoms with Gasteiger partial charge in [0, 0.05) is 30.1 Å². The van der Waals surface area contributed by atoms with Gasteiger partial charge in [0.15, 0.2) is 0 Å². The average molecular weight is 399 g/mol. The van der Waals surface area contributed by atoms with Gasteiger partial charge in [0.2, 0.25) is 0 Å². The summed E-state index contributed by atoms with van der Waals surface area (Å²) in [7, 11) is -2.51. The van der Waals surface area contributed by atoms with E-state index in [-0.39, 0.29) is 10.8 Å². The zero-order valence-electron chi connectivity index (χ0n) is 15.1. The molecule has 1 aliphatic carbocycles. The molecule has 1 saturated heterocycles. The summed E-state index contributed by atoms with van der Waals surface area (Å²) in [6.07, 6.45) is 3.42. The molecule has 0 bridgehead atoms. The number of phosphoric acid groups is 1. The molecule has 26 heavy (non-hydrogen) atoms. The summed E-state index contributed by atoms with van der Waals surface area (Å²) >= 11 is 7.00. The third-order valence-corrected chi connectivity index (χ3v) is 7.16. The van der Waals surface area contributed by atoms with Crippen molar-refractivity contribution in [3.63, 3.8) is 0 Å². The lowest BCUT2D eigenvalue weighted by Gasteiger charge is -2.50. The van der Waals surface area contributed by atoms with Crippen molar-refractivity contribution in [3.05, 3.63) is 35.5 Å². The van der Waals surface area contributed by atoms with E-state index in [1.165, 1.54) is 10.3 Å². The summed E-state index contributed by atoms with van der Waals surface area (Å²) < 4.78 is 17.4. The first kappa shape index (κ1) is 18.3. The number of rotatable bonds is 3. The molecular weight excluding hydrogens is 375 g/mol. The van der Waals surface area contributed by atoms with E-state index in [0.717, 1.165) is 30.3 Å². The Bertz CT molecular complexity index is 908. The largest absolute Gasteiger partial charge is 0.543 e. The predicted molar refractivity (Wildman–Crippen MR) is 101 cm³/mol. The highest BCUT2D eigenvalue weighted by molar-refractivity contribution is 7.46. The zero-order valence-corrected chi connectivity index (χ0v) is 16.7. The van der Waals surface area contributed by atoms with Crippen molar-refractivity contribution in [2.24, 2.45) is 5.92 Å². The maximum Gasteiger partial charge on any atom is 0.543 e. The lowest BCUT2D eigenvalue weighted by atomic mass is 9.70. The van der Waals surface area contributed by atoms with E-state index in [9.17, 15) is 14.4 Å². The van der Waals surface area contributed by atoms with Crippen molar-refractivity contribution < 1.29 is 19.0 Å². The second-order valence-electron chi connectivity index (χ2n) is 7.98. The molecule has 2 heterocycles. The molecule has 142 valence electrons. The second-order valence-corrected chi connectivity index (χ2v) is 9.88. The van der Waals surface area contributed by atoms with Gasteiger partial charge in [-0.1, -0.05) is 26.0 Å². The fraction of sp³-hybridized carbons (Fsp3) is 0.556. The van der Waals surface area contributed by atoms with Gasteiger partial charge in [-0.15, -0.1) is 11.6 Å². The van der Waals surface area contributed by atoms with E-state index >= 15 is 0 Å². The van der Waals surface area contributed by atoms with Crippen molar-refractivity contribution >= 4 is 30.3 Å². The fourth-order valence-electron chi connectivity index (χ4n) is 4.68. The average Bonchev–Trinajstić information content (AvgIpc) is 2.86. The number of hydrogen-bond acceptors (Lipinski definition) is 3. The molecular formula is C18H24ClN2O4P. The summed E-state index contributed by atoms with van der Waals surface area (Å²) in [5.74, 6) is 0.645. The molecule has 1 aromatic heterocycles. The van der Waals surface area contributed by atoms with Crippen LogP contribution in [0.2, 0.25) is 0 Å². The van der Waals surface area contributed by atoms with Crippen LogP contribution in [0.25, 0.3) is 10.9 Å². The maximum atomic E-state index is 11.3. The van der Waals surface area contributed by atoms with Crippen LogP contribution >= 0.6 is 19.4 Å². The van der Waals surface area contributed by atoms with E-state index in [2.05, 4.69) is 31.9 Å². The lowest BCUT2D eigenvalue weighted by molar-refractivity contribution is 0.105. The van der Waals surface area contributed by atoms with E-state index < -0.39 is 7.82 Å². The van der Waals surface area contributed by atoms with Gasteiger partial charge in [-0.2, -0.15) is 4.73 Å². The van der Waals surface area contributed by atoms with Crippen molar-refractivity contribution in [1.82, 2.24) is 9.63 Å². The fourth-order valence-corrected chi connectivity index (χ4v) is 5.40. The summed E-state index contributed by atoms with van der Waals surface area (Å²) in [6.45, 7) is 5.17. The summed E-state index contributed by atoms with van der Waals surface area (Å²) in [4.78, 5) is 20.5. The molecule has 8 heteroatoms. The number of piperidine rings is 1. The smallest absolute Gasteiger partial charge is 0.311 e. The molecule has 3 atom stereocenters. The predicted octanol–water partition coefficient (Wildman–Crippen LogP) is 3.14. The summed E-state index contributed by atoms with van der Waals surface area (Å²) in [5.41, 5.74) is 2.94. The number of nitrogens with zero attached hydrogens (tertiary/aromatic N) is 2. The van der Waals surface area contributed by atoms with Gasteiger partial charge in [-0.05, 0) is 43.0 Å². The number of benzene rings is 1. The number of likely N-dealkylation sites (tertiary alicyclic amines) is 1. The Morgan fingerprint density at radius 1 is 1.38 bits per heavy atom. The van der Waals surface area contributed by atoms with Crippen LogP contribution in [0.15, 0.2) is 24.4 Å². The molecule has 2 aromatic rings. The number of aromatic nitrogens is 1. The second kappa shape index (κ2) is 5.98. The Hall–Kier alpha value is -1.04. The monoisotopic (exact) mass is 398 g/mol. The Labute approximate surface area is 157 Å². The van der Waals surface area contributed by atoms with Gasteiger partial charge in [-0.3, -0.25) is 9.79 Å². The molecule has 0 saturated carbocycles. The zero-order chi connectivity index (χ0) is 18.9. The van der Waals surface area contributed by atoms with E-state index in [1.807, 2.05) is 12.1 Å². The Balaban J connectivity index is 1.84. The number of likely N-dealkylation sites (N-methyl/N-ethyl adjacent to an activating group) is 1. The van der Waals surface area contributed by atoms with Crippen LogP contribution in [0.3, 0.4) is 0 Å². The van der Waals surface area contributed by atoms with Crippen LogP contribution in [-0.2, 0) is 11.0 Å². The van der Waals surface area contributed by atoms with Gasteiger partial charge >= 0.3 is 7.82 Å².